The highest BCUT2D eigenvalue weighted by Crippen LogP contribution is 2.30. The number of benzene rings is 3. The van der Waals surface area contributed by atoms with Crippen LogP contribution in [0.1, 0.15) is 18.6 Å². The molecule has 0 aliphatic rings. The highest BCUT2D eigenvalue weighted by atomic mass is 16.6. The van der Waals surface area contributed by atoms with E-state index < -0.39 is 24.1 Å². The normalized spacial score (nSPS) is 12.9. The zero-order chi connectivity index (χ0) is 22.9. The molecule has 166 valence electrons. The number of carbonyl (C=O) groups excluding carboxylic acids is 1. The van der Waals surface area contributed by atoms with Gasteiger partial charge in [-0.05, 0) is 29.1 Å². The summed E-state index contributed by atoms with van der Waals surface area (Å²) in [4.78, 5) is 23.7. The number of aliphatic carboxylic acids is 1. The Kier molecular flexibility index (Phi) is 7.83. The van der Waals surface area contributed by atoms with Gasteiger partial charge in [0.25, 0.3) is 0 Å². The number of anilines is 1. The number of amides is 1. The van der Waals surface area contributed by atoms with Crippen molar-refractivity contribution in [3.05, 3.63) is 84.4 Å². The summed E-state index contributed by atoms with van der Waals surface area (Å²) in [5, 5.41) is 22.5. The highest BCUT2D eigenvalue weighted by Gasteiger charge is 2.23. The van der Waals surface area contributed by atoms with E-state index in [2.05, 4.69) is 5.32 Å². The summed E-state index contributed by atoms with van der Waals surface area (Å²) in [6, 6.07) is 20.2. The zero-order valence-corrected chi connectivity index (χ0v) is 17.6. The predicted molar refractivity (Wildman–Crippen MR) is 122 cm³/mol. The second-order valence-electron chi connectivity index (χ2n) is 7.18. The summed E-state index contributed by atoms with van der Waals surface area (Å²) < 4.78 is 11.1. The van der Waals surface area contributed by atoms with Crippen molar-refractivity contribution in [2.45, 2.75) is 13.0 Å². The summed E-state index contributed by atoms with van der Waals surface area (Å²) in [6.45, 7) is 1.84. The minimum Gasteiger partial charge on any atom is -0.491 e. The molecule has 0 unspecified atom stereocenters. The lowest BCUT2D eigenvalue weighted by Gasteiger charge is -2.23. The molecule has 0 aliphatic carbocycles. The molecule has 2 atom stereocenters. The molecule has 0 bridgehead atoms. The lowest BCUT2D eigenvalue weighted by Crippen LogP contribution is -2.21. The zero-order valence-electron chi connectivity index (χ0n) is 17.6. The van der Waals surface area contributed by atoms with Crippen molar-refractivity contribution in [1.29, 1.82) is 0 Å². The molecule has 1 amide bonds. The van der Waals surface area contributed by atoms with Crippen LogP contribution >= 0.6 is 0 Å². The molecule has 0 aromatic heterocycles. The fraction of sp³-hybridized carbons (Fsp3) is 0.200. The van der Waals surface area contributed by atoms with Crippen molar-refractivity contribution in [3.8, 4) is 5.75 Å². The van der Waals surface area contributed by atoms with Gasteiger partial charge in [0.1, 0.15) is 18.5 Å². The Balaban J connectivity index is 1.81. The first-order chi connectivity index (χ1) is 15.5. The van der Waals surface area contributed by atoms with Crippen LogP contribution in [-0.2, 0) is 9.53 Å². The molecular formula is C25H25NO6. The van der Waals surface area contributed by atoms with Gasteiger partial charge in [0.15, 0.2) is 0 Å². The molecule has 0 fully saturated rings. The molecule has 32 heavy (non-hydrogen) atoms. The van der Waals surface area contributed by atoms with E-state index in [0.29, 0.717) is 17.0 Å². The lowest BCUT2D eigenvalue weighted by atomic mass is 9.96. The first kappa shape index (κ1) is 22.8. The van der Waals surface area contributed by atoms with Crippen molar-refractivity contribution in [2.24, 2.45) is 5.92 Å². The fourth-order valence-electron chi connectivity index (χ4n) is 3.32. The van der Waals surface area contributed by atoms with E-state index in [4.69, 9.17) is 19.7 Å². The molecule has 3 N–H and O–H groups in total. The molecule has 3 rings (SSSR count). The number of carboxylic acid groups (broad SMARTS) is 1. The Morgan fingerprint density at radius 1 is 1.03 bits per heavy atom. The molecule has 0 spiro atoms. The number of hydrogen-bond acceptors (Lipinski definition) is 5. The SMILES string of the molecule is C[C@@H](/C=C/C(=O)O)[C@@H](OC(=O)Nc1cccc2ccccc12)c1ccc(OCCO)cc1. The highest BCUT2D eigenvalue weighted by molar-refractivity contribution is 6.00. The molecule has 7 heteroatoms. The topological polar surface area (TPSA) is 105 Å². The molecule has 3 aromatic rings. The maximum Gasteiger partial charge on any atom is 0.412 e. The third-order valence-corrected chi connectivity index (χ3v) is 4.85. The number of fused-ring (bicyclic) bond motifs is 1. The standard InChI is InChI=1S/C25H25NO6/c1-17(9-14-23(28)29)24(19-10-12-20(13-11-19)31-16-15-27)32-25(30)26-22-8-4-6-18-5-2-3-7-21(18)22/h2-14,17,24,27H,15-16H2,1H3,(H,26,30)(H,28,29)/b14-9+/t17-,24+/m0/s1. The van der Waals surface area contributed by atoms with Gasteiger partial charge < -0.3 is 19.7 Å². The van der Waals surface area contributed by atoms with Crippen LogP contribution in [0.5, 0.6) is 5.75 Å². The number of nitrogens with one attached hydrogen (secondary N) is 1. The number of ether oxygens (including phenoxy) is 2. The summed E-state index contributed by atoms with van der Waals surface area (Å²) in [5.74, 6) is -0.923. The van der Waals surface area contributed by atoms with Crippen molar-refractivity contribution < 1.29 is 29.3 Å². The third kappa shape index (κ3) is 6.09. The second-order valence-corrected chi connectivity index (χ2v) is 7.18. The van der Waals surface area contributed by atoms with Crippen LogP contribution in [0.2, 0.25) is 0 Å². The maximum atomic E-state index is 12.8. The molecule has 7 nitrogen and oxygen atoms in total. The van der Waals surface area contributed by atoms with Gasteiger partial charge in [0.05, 0.1) is 12.3 Å². The van der Waals surface area contributed by atoms with Gasteiger partial charge in [-0.15, -0.1) is 0 Å². The predicted octanol–water partition coefficient (Wildman–Crippen LogP) is 4.78. The van der Waals surface area contributed by atoms with Gasteiger partial charge in [-0.1, -0.05) is 61.5 Å². The van der Waals surface area contributed by atoms with E-state index in [1.807, 2.05) is 36.4 Å². The minimum atomic E-state index is -1.08. The Morgan fingerprint density at radius 3 is 2.47 bits per heavy atom. The lowest BCUT2D eigenvalue weighted by molar-refractivity contribution is -0.131. The van der Waals surface area contributed by atoms with Crippen molar-refractivity contribution in [1.82, 2.24) is 0 Å². The Bertz CT molecular complexity index is 1090. The van der Waals surface area contributed by atoms with Crippen LogP contribution < -0.4 is 10.1 Å². The number of hydrogen-bond donors (Lipinski definition) is 3. The van der Waals surface area contributed by atoms with Crippen molar-refractivity contribution in [2.75, 3.05) is 18.5 Å². The number of carbonyl (C=O) groups is 2. The van der Waals surface area contributed by atoms with E-state index in [1.54, 1.807) is 37.3 Å². The van der Waals surface area contributed by atoms with E-state index in [-0.39, 0.29) is 13.2 Å². The van der Waals surface area contributed by atoms with Crippen molar-refractivity contribution >= 4 is 28.5 Å². The molecule has 3 aromatic carbocycles. The first-order valence-electron chi connectivity index (χ1n) is 10.2. The van der Waals surface area contributed by atoms with Crippen LogP contribution in [0.25, 0.3) is 10.8 Å². The van der Waals surface area contributed by atoms with Gasteiger partial charge >= 0.3 is 12.1 Å². The minimum absolute atomic E-state index is 0.0984. The summed E-state index contributed by atoms with van der Waals surface area (Å²) >= 11 is 0. The monoisotopic (exact) mass is 435 g/mol. The number of carboxylic acids is 1. The van der Waals surface area contributed by atoms with Gasteiger partial charge in [0, 0.05) is 17.4 Å². The molecule has 0 saturated heterocycles. The van der Waals surface area contributed by atoms with Gasteiger partial charge in [-0.2, -0.15) is 0 Å². The first-order valence-corrected chi connectivity index (χ1v) is 10.2. The Labute approximate surface area is 185 Å². The largest absolute Gasteiger partial charge is 0.491 e. The van der Waals surface area contributed by atoms with Gasteiger partial charge in [-0.3, -0.25) is 5.32 Å². The average molecular weight is 435 g/mol. The number of rotatable bonds is 9. The van der Waals surface area contributed by atoms with Gasteiger partial charge in [-0.25, -0.2) is 9.59 Å². The van der Waals surface area contributed by atoms with Crippen LogP contribution in [0.4, 0.5) is 10.5 Å². The average Bonchev–Trinajstić information content (AvgIpc) is 2.80. The van der Waals surface area contributed by atoms with Gasteiger partial charge in [0.2, 0.25) is 0 Å². The quantitative estimate of drug-likeness (QED) is 0.418. The van der Waals surface area contributed by atoms with E-state index in [9.17, 15) is 9.59 Å². The summed E-state index contributed by atoms with van der Waals surface area (Å²) in [5.41, 5.74) is 1.30. The van der Waals surface area contributed by atoms with Crippen LogP contribution in [0, 0.1) is 5.92 Å². The molecule has 0 radical (unpaired) electrons. The molecular weight excluding hydrogens is 410 g/mol. The van der Waals surface area contributed by atoms with Crippen LogP contribution in [0.3, 0.4) is 0 Å². The third-order valence-electron chi connectivity index (χ3n) is 4.85. The van der Waals surface area contributed by atoms with E-state index in [0.717, 1.165) is 16.8 Å². The number of aliphatic hydroxyl groups is 1. The fourth-order valence-corrected chi connectivity index (χ4v) is 3.32. The number of aliphatic hydroxyl groups excluding tert-OH is 1. The Morgan fingerprint density at radius 2 is 1.75 bits per heavy atom. The maximum absolute atomic E-state index is 12.8. The summed E-state index contributed by atoms with van der Waals surface area (Å²) in [7, 11) is 0. The molecule has 0 heterocycles. The van der Waals surface area contributed by atoms with Crippen molar-refractivity contribution in [3.63, 3.8) is 0 Å². The molecule has 0 aliphatic heterocycles. The van der Waals surface area contributed by atoms with Crippen LogP contribution in [0.15, 0.2) is 78.9 Å². The smallest absolute Gasteiger partial charge is 0.412 e. The molecule has 0 saturated carbocycles. The van der Waals surface area contributed by atoms with Crippen LogP contribution in [-0.4, -0.2) is 35.5 Å². The summed E-state index contributed by atoms with van der Waals surface area (Å²) in [6.07, 6.45) is 1.13. The van der Waals surface area contributed by atoms with E-state index >= 15 is 0 Å². The second kappa shape index (κ2) is 11.0. The Hall–Kier alpha value is -3.84. The van der Waals surface area contributed by atoms with E-state index in [1.165, 1.54) is 6.08 Å².